The molecule has 0 atom stereocenters. The minimum absolute atomic E-state index is 0.408. The molecule has 0 unspecified atom stereocenters. The summed E-state index contributed by atoms with van der Waals surface area (Å²) in [5.41, 5.74) is 0. The van der Waals surface area contributed by atoms with E-state index in [1.165, 1.54) is 18.1 Å². The Bertz CT molecular complexity index is 539. The van der Waals surface area contributed by atoms with Crippen molar-refractivity contribution in [2.75, 3.05) is 7.11 Å². The summed E-state index contributed by atoms with van der Waals surface area (Å²) in [4.78, 5) is 9.08. The van der Waals surface area contributed by atoms with E-state index in [0.29, 0.717) is 9.63 Å². The van der Waals surface area contributed by atoms with Crippen molar-refractivity contribution in [1.82, 2.24) is 9.97 Å². The maximum Gasteiger partial charge on any atom is 0.147 e. The molecular weight excluding hydrogens is 324 g/mol. The Kier molecular flexibility index (Phi) is 4.25. The molecule has 0 bridgehead atoms. The molecule has 1 aromatic carbocycles. The van der Waals surface area contributed by atoms with Crippen molar-refractivity contribution in [2.45, 2.75) is 9.92 Å². The zero-order valence-corrected chi connectivity index (χ0v) is 12.0. The molecule has 0 fully saturated rings. The largest absolute Gasteiger partial charge is 0.497 e. The van der Waals surface area contributed by atoms with Crippen LogP contribution >= 0.6 is 39.3 Å². The first-order valence-electron chi connectivity index (χ1n) is 4.68. The summed E-state index contributed by atoms with van der Waals surface area (Å²) in [6, 6.07) is 7.74. The van der Waals surface area contributed by atoms with Gasteiger partial charge in [-0.25, -0.2) is 9.97 Å². The lowest BCUT2D eigenvalue weighted by Crippen LogP contribution is -1.87. The Labute approximate surface area is 117 Å². The molecule has 0 N–H and O–H groups in total. The van der Waals surface area contributed by atoms with Crippen LogP contribution in [0.4, 0.5) is 0 Å². The van der Waals surface area contributed by atoms with Crippen molar-refractivity contribution in [3.05, 3.63) is 40.2 Å². The fraction of sp³-hybridized carbons (Fsp3) is 0.0909. The molecule has 0 saturated heterocycles. The molecule has 0 aliphatic rings. The van der Waals surface area contributed by atoms with E-state index in [1.807, 2.05) is 24.3 Å². The maximum absolute atomic E-state index is 5.90. The number of halogens is 2. The monoisotopic (exact) mass is 330 g/mol. The number of nitrogens with zero attached hydrogens (tertiary/aromatic N) is 2. The summed E-state index contributed by atoms with van der Waals surface area (Å²) in [5.74, 6) is 0.811. The molecule has 2 aromatic rings. The lowest BCUT2D eigenvalue weighted by Gasteiger charge is -2.05. The van der Waals surface area contributed by atoms with Crippen molar-refractivity contribution >= 4 is 39.3 Å². The molecule has 0 spiro atoms. The average molecular weight is 332 g/mol. The van der Waals surface area contributed by atoms with Gasteiger partial charge in [0.05, 0.1) is 11.6 Å². The Morgan fingerprint density at radius 2 is 2.18 bits per heavy atom. The van der Waals surface area contributed by atoms with E-state index in [2.05, 4.69) is 25.9 Å². The van der Waals surface area contributed by atoms with Crippen molar-refractivity contribution in [3.8, 4) is 5.75 Å². The van der Waals surface area contributed by atoms with Gasteiger partial charge in [-0.05, 0) is 34.1 Å². The van der Waals surface area contributed by atoms with Crippen LogP contribution in [-0.2, 0) is 0 Å². The number of ether oxygens (including phenoxy) is 1. The summed E-state index contributed by atoms with van der Waals surface area (Å²) in [5, 5.41) is 1.18. The molecule has 6 heteroatoms. The molecule has 0 amide bonds. The van der Waals surface area contributed by atoms with E-state index in [1.54, 1.807) is 7.11 Å². The molecule has 3 nitrogen and oxygen atoms in total. The minimum Gasteiger partial charge on any atom is -0.497 e. The SMILES string of the molecule is COc1cccc(Sc2ncnc(Cl)c2Br)c1. The van der Waals surface area contributed by atoms with Crippen LogP contribution in [0.3, 0.4) is 0 Å². The van der Waals surface area contributed by atoms with E-state index in [-0.39, 0.29) is 0 Å². The number of hydrogen-bond donors (Lipinski definition) is 0. The van der Waals surface area contributed by atoms with Gasteiger partial charge in [-0.1, -0.05) is 29.4 Å². The summed E-state index contributed by atoms with van der Waals surface area (Å²) in [6.07, 6.45) is 1.44. The third-order valence-electron chi connectivity index (χ3n) is 1.97. The highest BCUT2D eigenvalue weighted by Gasteiger charge is 2.08. The third kappa shape index (κ3) is 3.12. The van der Waals surface area contributed by atoms with Crippen molar-refractivity contribution in [2.24, 2.45) is 0 Å². The zero-order chi connectivity index (χ0) is 12.3. The average Bonchev–Trinajstić information content (AvgIpc) is 2.35. The van der Waals surface area contributed by atoms with Gasteiger partial charge in [0.2, 0.25) is 0 Å². The lowest BCUT2D eigenvalue weighted by molar-refractivity contribution is 0.413. The maximum atomic E-state index is 5.90. The zero-order valence-electron chi connectivity index (χ0n) is 8.85. The first-order valence-corrected chi connectivity index (χ1v) is 6.67. The van der Waals surface area contributed by atoms with Gasteiger partial charge in [-0.2, -0.15) is 0 Å². The standard InChI is InChI=1S/C11H8BrClN2OS/c1-16-7-3-2-4-8(5-7)17-11-9(12)10(13)14-6-15-11/h2-6H,1H3. The van der Waals surface area contributed by atoms with Crippen LogP contribution in [0, 0.1) is 0 Å². The number of benzene rings is 1. The summed E-state index contributed by atoms with van der Waals surface area (Å²) >= 11 is 10.8. The second kappa shape index (κ2) is 5.71. The Morgan fingerprint density at radius 1 is 1.35 bits per heavy atom. The normalized spacial score (nSPS) is 10.3. The van der Waals surface area contributed by atoms with E-state index < -0.39 is 0 Å². The highest BCUT2D eigenvalue weighted by molar-refractivity contribution is 9.10. The van der Waals surface area contributed by atoms with Gasteiger partial charge in [0.15, 0.2) is 0 Å². The first-order chi connectivity index (χ1) is 8.20. The molecule has 1 aromatic heterocycles. The highest BCUT2D eigenvalue weighted by Crippen LogP contribution is 2.35. The van der Waals surface area contributed by atoms with Crippen molar-refractivity contribution < 1.29 is 4.74 Å². The van der Waals surface area contributed by atoms with Crippen LogP contribution < -0.4 is 4.74 Å². The highest BCUT2D eigenvalue weighted by atomic mass is 79.9. The summed E-state index contributed by atoms with van der Waals surface area (Å²) in [6.45, 7) is 0. The molecular formula is C11H8BrClN2OS. The third-order valence-corrected chi connectivity index (χ3v) is 4.49. The topological polar surface area (TPSA) is 35.0 Å². The van der Waals surface area contributed by atoms with Gasteiger partial charge in [0, 0.05) is 4.90 Å². The second-order valence-electron chi connectivity index (χ2n) is 3.06. The van der Waals surface area contributed by atoms with Crippen LogP contribution in [0.1, 0.15) is 0 Å². The van der Waals surface area contributed by atoms with Crippen LogP contribution in [0.2, 0.25) is 5.15 Å². The van der Waals surface area contributed by atoms with Gasteiger partial charge >= 0.3 is 0 Å². The van der Waals surface area contributed by atoms with Crippen molar-refractivity contribution in [1.29, 1.82) is 0 Å². The minimum atomic E-state index is 0.408. The second-order valence-corrected chi connectivity index (χ2v) is 5.28. The summed E-state index contributed by atoms with van der Waals surface area (Å²) in [7, 11) is 1.64. The first kappa shape index (κ1) is 12.7. The van der Waals surface area contributed by atoms with E-state index in [0.717, 1.165) is 15.7 Å². The van der Waals surface area contributed by atoms with Gasteiger partial charge in [-0.3, -0.25) is 0 Å². The number of hydrogen-bond acceptors (Lipinski definition) is 4. The van der Waals surface area contributed by atoms with Gasteiger partial charge < -0.3 is 4.74 Å². The molecule has 0 saturated carbocycles. The van der Waals surface area contributed by atoms with Crippen molar-refractivity contribution in [3.63, 3.8) is 0 Å². The lowest BCUT2D eigenvalue weighted by atomic mass is 10.3. The summed E-state index contributed by atoms with van der Waals surface area (Å²) < 4.78 is 5.87. The smallest absolute Gasteiger partial charge is 0.147 e. The molecule has 2 rings (SSSR count). The quantitative estimate of drug-likeness (QED) is 0.795. The molecule has 17 heavy (non-hydrogen) atoms. The predicted molar refractivity (Wildman–Crippen MR) is 71.9 cm³/mol. The number of methoxy groups -OCH3 is 1. The predicted octanol–water partition coefficient (Wildman–Crippen LogP) is 4.05. The van der Waals surface area contributed by atoms with Crippen LogP contribution in [0.5, 0.6) is 5.75 Å². The van der Waals surface area contributed by atoms with Gasteiger partial charge in [0.25, 0.3) is 0 Å². The fourth-order valence-corrected chi connectivity index (χ4v) is 2.65. The Balaban J connectivity index is 2.28. The molecule has 88 valence electrons. The molecule has 1 heterocycles. The molecule has 0 aliphatic carbocycles. The Hall–Kier alpha value is -0.780. The molecule has 0 aliphatic heterocycles. The van der Waals surface area contributed by atoms with Gasteiger partial charge in [-0.15, -0.1) is 0 Å². The van der Waals surface area contributed by atoms with Crippen LogP contribution in [-0.4, -0.2) is 17.1 Å². The van der Waals surface area contributed by atoms with E-state index >= 15 is 0 Å². The number of rotatable bonds is 3. The van der Waals surface area contributed by atoms with Gasteiger partial charge in [0.1, 0.15) is 22.3 Å². The van der Waals surface area contributed by atoms with E-state index in [4.69, 9.17) is 16.3 Å². The van der Waals surface area contributed by atoms with Crippen LogP contribution in [0.25, 0.3) is 0 Å². The number of aromatic nitrogens is 2. The van der Waals surface area contributed by atoms with Crippen LogP contribution in [0.15, 0.2) is 45.0 Å². The molecule has 0 radical (unpaired) electrons. The Morgan fingerprint density at radius 3 is 2.94 bits per heavy atom. The van der Waals surface area contributed by atoms with E-state index in [9.17, 15) is 0 Å². The fourth-order valence-electron chi connectivity index (χ4n) is 1.18.